The number of hydrogen-bond donors (Lipinski definition) is 1. The minimum absolute atomic E-state index is 0.108. The average molecular weight is 235 g/mol. The molecule has 2 unspecified atom stereocenters. The molecule has 0 aliphatic carbocycles. The van der Waals surface area contributed by atoms with Crippen molar-refractivity contribution in [1.29, 1.82) is 0 Å². The third-order valence-corrected chi connectivity index (χ3v) is 2.89. The van der Waals surface area contributed by atoms with Gasteiger partial charge < -0.3 is 10.1 Å². The predicted molar refractivity (Wildman–Crippen MR) is 68.8 cm³/mol. The van der Waals surface area contributed by atoms with Gasteiger partial charge in [0.25, 0.3) is 0 Å². The highest BCUT2D eigenvalue weighted by atomic mass is 16.5. The van der Waals surface area contributed by atoms with Gasteiger partial charge >= 0.3 is 5.97 Å². The standard InChI is InChI=1S/C14H21NO2/c1-10-7-5-6-8-13(10)12(3)15-11(2)9-14(16)17-4/h5-8,11-12,15H,9H2,1-4H3. The highest BCUT2D eigenvalue weighted by molar-refractivity contribution is 5.69. The summed E-state index contributed by atoms with van der Waals surface area (Å²) in [6.45, 7) is 6.19. The number of methoxy groups -OCH3 is 1. The van der Waals surface area contributed by atoms with Crippen LogP contribution in [0.15, 0.2) is 24.3 Å². The molecule has 0 saturated heterocycles. The zero-order valence-electron chi connectivity index (χ0n) is 11.0. The number of aryl methyl sites for hydroxylation is 1. The Bertz CT molecular complexity index is 376. The van der Waals surface area contributed by atoms with Crippen molar-refractivity contribution in [3.63, 3.8) is 0 Å². The van der Waals surface area contributed by atoms with Crippen LogP contribution in [0.4, 0.5) is 0 Å². The zero-order valence-corrected chi connectivity index (χ0v) is 11.0. The van der Waals surface area contributed by atoms with Crippen LogP contribution in [0, 0.1) is 6.92 Å². The molecule has 3 heteroatoms. The molecule has 17 heavy (non-hydrogen) atoms. The van der Waals surface area contributed by atoms with Crippen LogP contribution in [-0.2, 0) is 9.53 Å². The Morgan fingerprint density at radius 1 is 1.35 bits per heavy atom. The molecule has 1 aromatic carbocycles. The summed E-state index contributed by atoms with van der Waals surface area (Å²) in [5.74, 6) is -0.179. The van der Waals surface area contributed by atoms with Gasteiger partial charge in [0.1, 0.15) is 0 Å². The Morgan fingerprint density at radius 3 is 2.59 bits per heavy atom. The Labute approximate surface area is 103 Å². The Morgan fingerprint density at radius 2 is 2.00 bits per heavy atom. The van der Waals surface area contributed by atoms with Gasteiger partial charge in [-0.3, -0.25) is 4.79 Å². The molecule has 0 spiro atoms. The lowest BCUT2D eigenvalue weighted by Crippen LogP contribution is -2.31. The SMILES string of the molecule is COC(=O)CC(C)NC(C)c1ccccc1C. The van der Waals surface area contributed by atoms with E-state index in [1.165, 1.54) is 18.2 Å². The predicted octanol–water partition coefficient (Wildman–Crippen LogP) is 2.60. The lowest BCUT2D eigenvalue weighted by molar-refractivity contribution is -0.141. The van der Waals surface area contributed by atoms with E-state index in [0.717, 1.165) is 0 Å². The fourth-order valence-electron chi connectivity index (χ4n) is 1.98. The second kappa shape index (κ2) is 6.40. The molecule has 1 rings (SSSR count). The Kier molecular flexibility index (Phi) is 5.16. The normalized spacial score (nSPS) is 14.1. The number of hydrogen-bond acceptors (Lipinski definition) is 3. The molecular formula is C14H21NO2. The van der Waals surface area contributed by atoms with Gasteiger partial charge in [0.05, 0.1) is 13.5 Å². The summed E-state index contributed by atoms with van der Waals surface area (Å²) in [5.41, 5.74) is 2.53. The fraction of sp³-hybridized carbons (Fsp3) is 0.500. The van der Waals surface area contributed by atoms with Gasteiger partial charge in [-0.15, -0.1) is 0 Å². The van der Waals surface area contributed by atoms with Crippen molar-refractivity contribution in [2.75, 3.05) is 7.11 Å². The van der Waals surface area contributed by atoms with Crippen molar-refractivity contribution in [2.45, 2.75) is 39.3 Å². The van der Waals surface area contributed by atoms with Gasteiger partial charge in [0.15, 0.2) is 0 Å². The maximum atomic E-state index is 11.1. The lowest BCUT2D eigenvalue weighted by Gasteiger charge is -2.21. The van der Waals surface area contributed by atoms with Crippen LogP contribution in [0.1, 0.15) is 37.4 Å². The summed E-state index contributed by atoms with van der Waals surface area (Å²) in [6, 6.07) is 8.61. The highest BCUT2D eigenvalue weighted by Gasteiger charge is 2.13. The molecule has 94 valence electrons. The molecule has 0 aliphatic heterocycles. The van der Waals surface area contributed by atoms with Gasteiger partial charge in [0, 0.05) is 12.1 Å². The number of nitrogens with one attached hydrogen (secondary N) is 1. The zero-order chi connectivity index (χ0) is 12.8. The van der Waals surface area contributed by atoms with E-state index in [2.05, 4.69) is 36.0 Å². The van der Waals surface area contributed by atoms with Crippen LogP contribution in [0.25, 0.3) is 0 Å². The number of carbonyl (C=O) groups is 1. The summed E-state index contributed by atoms with van der Waals surface area (Å²) in [6.07, 6.45) is 0.396. The molecular weight excluding hydrogens is 214 g/mol. The number of rotatable bonds is 5. The van der Waals surface area contributed by atoms with Crippen molar-refractivity contribution in [2.24, 2.45) is 0 Å². The van der Waals surface area contributed by atoms with Crippen LogP contribution < -0.4 is 5.32 Å². The maximum absolute atomic E-state index is 11.1. The van der Waals surface area contributed by atoms with E-state index in [1.54, 1.807) is 0 Å². The molecule has 0 heterocycles. The number of benzene rings is 1. The summed E-state index contributed by atoms with van der Waals surface area (Å²) in [5, 5.41) is 3.40. The quantitative estimate of drug-likeness (QED) is 0.797. The van der Waals surface area contributed by atoms with Gasteiger partial charge in [-0.1, -0.05) is 24.3 Å². The van der Waals surface area contributed by atoms with Gasteiger partial charge in [-0.25, -0.2) is 0 Å². The number of carbonyl (C=O) groups excluding carboxylic acids is 1. The van der Waals surface area contributed by atoms with E-state index in [0.29, 0.717) is 6.42 Å². The van der Waals surface area contributed by atoms with Crippen molar-refractivity contribution >= 4 is 5.97 Å². The van der Waals surface area contributed by atoms with Crippen LogP contribution in [0.2, 0.25) is 0 Å². The van der Waals surface area contributed by atoms with Crippen molar-refractivity contribution < 1.29 is 9.53 Å². The van der Waals surface area contributed by atoms with Crippen LogP contribution >= 0.6 is 0 Å². The van der Waals surface area contributed by atoms with Crippen LogP contribution in [0.3, 0.4) is 0 Å². The molecule has 0 saturated carbocycles. The highest BCUT2D eigenvalue weighted by Crippen LogP contribution is 2.17. The molecule has 0 bridgehead atoms. The smallest absolute Gasteiger partial charge is 0.307 e. The van der Waals surface area contributed by atoms with Gasteiger partial charge in [-0.05, 0) is 31.9 Å². The molecule has 1 N–H and O–H groups in total. The molecule has 0 fully saturated rings. The Balaban J connectivity index is 2.57. The van der Waals surface area contributed by atoms with Crippen molar-refractivity contribution in [3.8, 4) is 0 Å². The Hall–Kier alpha value is -1.35. The van der Waals surface area contributed by atoms with Crippen LogP contribution in [-0.4, -0.2) is 19.1 Å². The van der Waals surface area contributed by atoms with E-state index in [-0.39, 0.29) is 18.1 Å². The van der Waals surface area contributed by atoms with Gasteiger partial charge in [0.2, 0.25) is 0 Å². The monoisotopic (exact) mass is 235 g/mol. The second-order valence-corrected chi connectivity index (χ2v) is 4.43. The minimum Gasteiger partial charge on any atom is -0.469 e. The number of ether oxygens (including phenoxy) is 1. The fourth-order valence-corrected chi connectivity index (χ4v) is 1.98. The van der Waals surface area contributed by atoms with Crippen molar-refractivity contribution in [3.05, 3.63) is 35.4 Å². The lowest BCUT2D eigenvalue weighted by atomic mass is 10.0. The third-order valence-electron chi connectivity index (χ3n) is 2.89. The van der Waals surface area contributed by atoms with E-state index < -0.39 is 0 Å². The molecule has 1 aromatic rings. The van der Waals surface area contributed by atoms with Crippen molar-refractivity contribution in [1.82, 2.24) is 5.32 Å². The second-order valence-electron chi connectivity index (χ2n) is 4.43. The summed E-state index contributed by atoms with van der Waals surface area (Å²) in [4.78, 5) is 11.1. The van der Waals surface area contributed by atoms with E-state index in [4.69, 9.17) is 0 Å². The third kappa shape index (κ3) is 4.19. The molecule has 0 radical (unpaired) electrons. The van der Waals surface area contributed by atoms with Gasteiger partial charge in [-0.2, -0.15) is 0 Å². The average Bonchev–Trinajstić information content (AvgIpc) is 2.29. The topological polar surface area (TPSA) is 38.3 Å². The number of esters is 1. The molecule has 0 aromatic heterocycles. The molecule has 2 atom stereocenters. The van der Waals surface area contributed by atoms with Crippen LogP contribution in [0.5, 0.6) is 0 Å². The maximum Gasteiger partial charge on any atom is 0.307 e. The summed E-state index contributed by atoms with van der Waals surface area (Å²) < 4.78 is 4.65. The first-order chi connectivity index (χ1) is 8.04. The largest absolute Gasteiger partial charge is 0.469 e. The molecule has 0 amide bonds. The van der Waals surface area contributed by atoms with E-state index in [9.17, 15) is 4.79 Å². The summed E-state index contributed by atoms with van der Waals surface area (Å²) >= 11 is 0. The first-order valence-electron chi connectivity index (χ1n) is 5.93. The first-order valence-corrected chi connectivity index (χ1v) is 5.93. The van der Waals surface area contributed by atoms with E-state index in [1.807, 2.05) is 19.1 Å². The molecule has 3 nitrogen and oxygen atoms in total. The minimum atomic E-state index is -0.179. The summed E-state index contributed by atoms with van der Waals surface area (Å²) in [7, 11) is 1.42. The van der Waals surface area contributed by atoms with E-state index >= 15 is 0 Å². The molecule has 0 aliphatic rings. The first kappa shape index (κ1) is 13.7.